The normalized spacial score (nSPS) is 13.2. The number of fused-ring (bicyclic) bond motifs is 4. The second-order valence-corrected chi connectivity index (χ2v) is 8.34. The van der Waals surface area contributed by atoms with Crippen molar-refractivity contribution in [3.8, 4) is 11.1 Å². The van der Waals surface area contributed by atoms with Gasteiger partial charge in [-0.15, -0.1) is 0 Å². The van der Waals surface area contributed by atoms with Crippen molar-refractivity contribution in [2.75, 3.05) is 13.2 Å². The molecule has 1 aromatic heterocycles. The van der Waals surface area contributed by atoms with Gasteiger partial charge in [0, 0.05) is 29.4 Å². The Hall–Kier alpha value is -4.06. The van der Waals surface area contributed by atoms with Crippen LogP contribution in [0.15, 0.2) is 79.0 Å². The third-order valence-electron chi connectivity index (χ3n) is 6.31. The zero-order chi connectivity index (χ0) is 23.5. The van der Waals surface area contributed by atoms with Crippen LogP contribution in [0.1, 0.15) is 29.5 Å². The average molecular weight is 455 g/mol. The number of ether oxygens (including phenoxy) is 2. The van der Waals surface area contributed by atoms with Gasteiger partial charge >= 0.3 is 12.1 Å². The van der Waals surface area contributed by atoms with E-state index in [9.17, 15) is 9.59 Å². The maximum atomic E-state index is 12.8. The van der Waals surface area contributed by atoms with Crippen molar-refractivity contribution in [2.24, 2.45) is 0 Å². The summed E-state index contributed by atoms with van der Waals surface area (Å²) in [6.45, 7) is 2.16. The molecular formula is C28H26N2O4. The van der Waals surface area contributed by atoms with Gasteiger partial charge in [0.25, 0.3) is 0 Å². The van der Waals surface area contributed by atoms with Crippen molar-refractivity contribution in [2.45, 2.75) is 25.3 Å². The predicted octanol–water partition coefficient (Wildman–Crippen LogP) is 5.18. The summed E-state index contributed by atoms with van der Waals surface area (Å²) in [6.07, 6.45) is 1.52. The van der Waals surface area contributed by atoms with Gasteiger partial charge in [-0.05, 0) is 40.8 Å². The largest absolute Gasteiger partial charge is 0.464 e. The van der Waals surface area contributed by atoms with E-state index >= 15 is 0 Å². The van der Waals surface area contributed by atoms with Gasteiger partial charge in [0.2, 0.25) is 0 Å². The average Bonchev–Trinajstić information content (AvgIpc) is 3.41. The number of nitrogens with one attached hydrogen (secondary N) is 2. The lowest BCUT2D eigenvalue weighted by Crippen LogP contribution is -2.44. The molecular weight excluding hydrogens is 428 g/mol. The van der Waals surface area contributed by atoms with Crippen LogP contribution in [0.4, 0.5) is 4.79 Å². The molecule has 6 heteroatoms. The number of H-pyrrole nitrogens is 1. The molecule has 0 aliphatic heterocycles. The lowest BCUT2D eigenvalue weighted by molar-refractivity contribution is -0.145. The fourth-order valence-corrected chi connectivity index (χ4v) is 4.74. The molecule has 34 heavy (non-hydrogen) atoms. The summed E-state index contributed by atoms with van der Waals surface area (Å²) in [5, 5.41) is 3.73. The van der Waals surface area contributed by atoms with Gasteiger partial charge in [-0.3, -0.25) is 0 Å². The highest BCUT2D eigenvalue weighted by Gasteiger charge is 2.30. The molecule has 1 atom stereocenters. The highest BCUT2D eigenvalue weighted by Crippen LogP contribution is 2.44. The Morgan fingerprint density at radius 1 is 0.912 bits per heavy atom. The molecule has 6 nitrogen and oxygen atoms in total. The van der Waals surface area contributed by atoms with Crippen LogP contribution in [-0.4, -0.2) is 36.3 Å². The van der Waals surface area contributed by atoms with Crippen molar-refractivity contribution >= 4 is 23.0 Å². The summed E-state index contributed by atoms with van der Waals surface area (Å²) in [5.74, 6) is -0.533. The van der Waals surface area contributed by atoms with E-state index in [1.54, 1.807) is 6.92 Å². The first-order chi connectivity index (χ1) is 16.7. The van der Waals surface area contributed by atoms with Crippen LogP contribution >= 0.6 is 0 Å². The number of carbonyl (C=O) groups is 2. The molecule has 1 aliphatic rings. The summed E-state index contributed by atoms with van der Waals surface area (Å²) in [4.78, 5) is 28.6. The molecule has 1 heterocycles. The molecule has 0 bridgehead atoms. The minimum atomic E-state index is -0.852. The lowest BCUT2D eigenvalue weighted by atomic mass is 9.98. The van der Waals surface area contributed by atoms with Crippen LogP contribution in [0.25, 0.3) is 22.0 Å². The SMILES string of the molecule is CCOC(=O)[C@H](Cc1c[nH]c2ccccc12)NC(=O)OCC1c2ccccc2-c2ccccc21. The van der Waals surface area contributed by atoms with Gasteiger partial charge in [0.15, 0.2) is 0 Å². The number of aromatic nitrogens is 1. The first-order valence-corrected chi connectivity index (χ1v) is 11.5. The van der Waals surface area contributed by atoms with Gasteiger partial charge in [0.1, 0.15) is 12.6 Å². The monoisotopic (exact) mass is 454 g/mol. The van der Waals surface area contributed by atoms with Crippen molar-refractivity contribution in [1.29, 1.82) is 0 Å². The molecule has 0 saturated heterocycles. The number of benzene rings is 3. The third kappa shape index (κ3) is 4.15. The Kier molecular flexibility index (Phi) is 6.04. The van der Waals surface area contributed by atoms with Crippen LogP contribution in [-0.2, 0) is 20.7 Å². The van der Waals surface area contributed by atoms with Crippen LogP contribution in [0.3, 0.4) is 0 Å². The lowest BCUT2D eigenvalue weighted by Gasteiger charge is -2.19. The van der Waals surface area contributed by atoms with Crippen LogP contribution < -0.4 is 5.32 Å². The van der Waals surface area contributed by atoms with Crippen LogP contribution in [0.5, 0.6) is 0 Å². The van der Waals surface area contributed by atoms with E-state index in [-0.39, 0.29) is 19.1 Å². The summed E-state index contributed by atoms with van der Waals surface area (Å²) < 4.78 is 10.9. The fraction of sp³-hybridized carbons (Fsp3) is 0.214. The molecule has 5 rings (SSSR count). The summed E-state index contributed by atoms with van der Waals surface area (Å²) in [7, 11) is 0. The second-order valence-electron chi connectivity index (χ2n) is 8.34. The highest BCUT2D eigenvalue weighted by molar-refractivity contribution is 5.86. The molecule has 0 spiro atoms. The molecule has 0 fully saturated rings. The topological polar surface area (TPSA) is 80.4 Å². The predicted molar refractivity (Wildman–Crippen MR) is 131 cm³/mol. The van der Waals surface area contributed by atoms with Gasteiger partial charge < -0.3 is 19.8 Å². The van der Waals surface area contributed by atoms with Crippen LogP contribution in [0, 0.1) is 0 Å². The second kappa shape index (κ2) is 9.43. The van der Waals surface area contributed by atoms with E-state index in [1.165, 1.54) is 0 Å². The first kappa shape index (κ1) is 21.8. The minimum absolute atomic E-state index is 0.0483. The highest BCUT2D eigenvalue weighted by atomic mass is 16.6. The Labute approximate surface area is 197 Å². The first-order valence-electron chi connectivity index (χ1n) is 11.5. The number of para-hydroxylation sites is 1. The van der Waals surface area contributed by atoms with E-state index in [2.05, 4.69) is 34.6 Å². The zero-order valence-electron chi connectivity index (χ0n) is 18.9. The van der Waals surface area contributed by atoms with E-state index in [0.29, 0.717) is 6.42 Å². The molecule has 1 aliphatic carbocycles. The number of esters is 1. The Balaban J connectivity index is 1.30. The number of aromatic amines is 1. The third-order valence-corrected chi connectivity index (χ3v) is 6.31. The molecule has 0 saturated carbocycles. The maximum Gasteiger partial charge on any atom is 0.407 e. The van der Waals surface area contributed by atoms with Crippen molar-refractivity contribution in [1.82, 2.24) is 10.3 Å². The van der Waals surface area contributed by atoms with Gasteiger partial charge in [-0.1, -0.05) is 66.7 Å². The van der Waals surface area contributed by atoms with Crippen molar-refractivity contribution in [3.63, 3.8) is 0 Å². The van der Waals surface area contributed by atoms with E-state index in [1.807, 2.05) is 54.7 Å². The Bertz CT molecular complexity index is 1300. The summed E-state index contributed by atoms with van der Waals surface area (Å²) in [6, 6.07) is 23.3. The van der Waals surface area contributed by atoms with E-state index < -0.39 is 18.1 Å². The minimum Gasteiger partial charge on any atom is -0.464 e. The molecule has 1 amide bonds. The van der Waals surface area contributed by atoms with E-state index in [4.69, 9.17) is 9.47 Å². The van der Waals surface area contributed by atoms with Gasteiger partial charge in [-0.25, -0.2) is 9.59 Å². The smallest absolute Gasteiger partial charge is 0.407 e. The number of carbonyl (C=O) groups excluding carboxylic acids is 2. The molecule has 2 N–H and O–H groups in total. The van der Waals surface area contributed by atoms with Gasteiger partial charge in [0.05, 0.1) is 6.61 Å². The fourth-order valence-electron chi connectivity index (χ4n) is 4.74. The Morgan fingerprint density at radius 2 is 1.56 bits per heavy atom. The Morgan fingerprint density at radius 3 is 2.26 bits per heavy atom. The van der Waals surface area contributed by atoms with E-state index in [0.717, 1.165) is 38.7 Å². The van der Waals surface area contributed by atoms with Crippen LogP contribution in [0.2, 0.25) is 0 Å². The zero-order valence-corrected chi connectivity index (χ0v) is 18.9. The van der Waals surface area contributed by atoms with Crippen molar-refractivity contribution < 1.29 is 19.1 Å². The molecule has 3 aromatic carbocycles. The summed E-state index contributed by atoms with van der Waals surface area (Å²) in [5.41, 5.74) is 6.50. The molecule has 4 aromatic rings. The number of rotatable bonds is 7. The molecule has 0 unspecified atom stereocenters. The summed E-state index contributed by atoms with van der Waals surface area (Å²) >= 11 is 0. The number of amides is 1. The maximum absolute atomic E-state index is 12.8. The number of alkyl carbamates (subject to hydrolysis) is 1. The quantitative estimate of drug-likeness (QED) is 0.377. The molecule has 172 valence electrons. The standard InChI is InChI=1S/C28H26N2O4/c1-2-33-27(31)26(15-18-16-29-25-14-8-7-9-19(18)25)30-28(32)34-17-24-22-12-5-3-10-20(22)21-11-4-6-13-23(21)24/h3-14,16,24,26,29H,2,15,17H2,1H3,(H,30,32)/t26-/m0/s1. The van der Waals surface area contributed by atoms with Crippen molar-refractivity contribution in [3.05, 3.63) is 95.7 Å². The molecule has 0 radical (unpaired) electrons. The van der Waals surface area contributed by atoms with Gasteiger partial charge in [-0.2, -0.15) is 0 Å². The number of hydrogen-bond acceptors (Lipinski definition) is 4. The number of hydrogen-bond donors (Lipinski definition) is 2.